The first kappa shape index (κ1) is 32.4. The lowest BCUT2D eigenvalue weighted by Crippen LogP contribution is -2.50. The van der Waals surface area contributed by atoms with E-state index in [4.69, 9.17) is 0 Å². The summed E-state index contributed by atoms with van der Waals surface area (Å²) in [6.07, 6.45) is 21.9. The molecule has 0 aliphatic rings. The van der Waals surface area contributed by atoms with E-state index in [1.165, 1.54) is 83.5 Å². The Labute approximate surface area is 205 Å². The van der Waals surface area contributed by atoms with E-state index in [0.717, 1.165) is 38.5 Å². The van der Waals surface area contributed by atoms with E-state index >= 15 is 0 Å². The first-order chi connectivity index (χ1) is 16.1. The number of nitrogens with one attached hydrogen (secondary N) is 1. The second kappa shape index (κ2) is 24.5. The Bertz CT molecular complexity index is 419. The van der Waals surface area contributed by atoms with Crippen LogP contribution in [0.5, 0.6) is 0 Å². The van der Waals surface area contributed by atoms with Crippen molar-refractivity contribution in [3.63, 3.8) is 0 Å². The van der Waals surface area contributed by atoms with Crippen LogP contribution in [0.25, 0.3) is 0 Å². The van der Waals surface area contributed by atoms with Crippen LogP contribution in [0.3, 0.4) is 0 Å². The van der Waals surface area contributed by atoms with Crippen molar-refractivity contribution in [2.24, 2.45) is 0 Å². The molecule has 0 saturated carbocycles. The molecule has 0 aromatic heterocycles. The Kier molecular flexibility index (Phi) is 24.0. The van der Waals surface area contributed by atoms with Crippen LogP contribution < -0.4 is 5.32 Å². The molecule has 0 heterocycles. The third-order valence-corrected chi connectivity index (χ3v) is 6.71. The molecule has 0 rings (SSSR count). The number of amides is 1. The van der Waals surface area contributed by atoms with Crippen molar-refractivity contribution in [2.45, 2.75) is 167 Å². The maximum Gasteiger partial charge on any atom is 0.220 e. The lowest BCUT2D eigenvalue weighted by atomic mass is 9.99. The van der Waals surface area contributed by atoms with Crippen LogP contribution in [-0.4, -0.2) is 46.1 Å². The van der Waals surface area contributed by atoms with Gasteiger partial charge >= 0.3 is 0 Å². The van der Waals surface area contributed by atoms with Crippen molar-refractivity contribution in [1.82, 2.24) is 5.32 Å². The van der Waals surface area contributed by atoms with E-state index in [-0.39, 0.29) is 12.5 Å². The van der Waals surface area contributed by atoms with Crippen LogP contribution in [-0.2, 0) is 4.79 Å². The minimum Gasteiger partial charge on any atom is -0.394 e. The van der Waals surface area contributed by atoms with E-state index in [1.54, 1.807) is 0 Å². The average Bonchev–Trinajstić information content (AvgIpc) is 2.82. The largest absolute Gasteiger partial charge is 0.394 e. The Morgan fingerprint density at radius 1 is 0.636 bits per heavy atom. The van der Waals surface area contributed by atoms with Crippen LogP contribution in [0.4, 0.5) is 0 Å². The summed E-state index contributed by atoms with van der Waals surface area (Å²) >= 11 is 0. The molecule has 33 heavy (non-hydrogen) atoms. The molecule has 5 nitrogen and oxygen atoms in total. The highest BCUT2D eigenvalue weighted by molar-refractivity contribution is 5.76. The Morgan fingerprint density at radius 2 is 1.03 bits per heavy atom. The summed E-state index contributed by atoms with van der Waals surface area (Å²) in [6.45, 7) is 4.10. The quantitative estimate of drug-likeness (QED) is 0.116. The highest BCUT2D eigenvalue weighted by Crippen LogP contribution is 2.14. The molecule has 3 unspecified atom stereocenters. The van der Waals surface area contributed by atoms with Gasteiger partial charge in [-0.15, -0.1) is 0 Å². The van der Waals surface area contributed by atoms with Crippen LogP contribution in [0.15, 0.2) is 0 Å². The summed E-state index contributed by atoms with van der Waals surface area (Å²) < 4.78 is 0. The molecule has 0 aliphatic heterocycles. The average molecular weight is 472 g/mol. The predicted octanol–water partition coefficient (Wildman–Crippen LogP) is 6.42. The van der Waals surface area contributed by atoms with Crippen LogP contribution >= 0.6 is 0 Å². The van der Waals surface area contributed by atoms with Gasteiger partial charge in [-0.25, -0.2) is 0 Å². The number of rotatable bonds is 25. The number of aliphatic hydroxyl groups excluding tert-OH is 3. The molecule has 0 radical (unpaired) electrons. The van der Waals surface area contributed by atoms with E-state index in [0.29, 0.717) is 12.8 Å². The Hall–Kier alpha value is -0.650. The molecule has 0 fully saturated rings. The minimum absolute atomic E-state index is 0.151. The molecule has 0 aliphatic carbocycles. The van der Waals surface area contributed by atoms with Crippen molar-refractivity contribution in [3.8, 4) is 0 Å². The fraction of sp³-hybridized carbons (Fsp3) is 0.964. The van der Waals surface area contributed by atoms with E-state index < -0.39 is 18.2 Å². The number of carbonyl (C=O) groups is 1. The van der Waals surface area contributed by atoms with Gasteiger partial charge in [0.15, 0.2) is 0 Å². The monoisotopic (exact) mass is 471 g/mol. The van der Waals surface area contributed by atoms with E-state index in [9.17, 15) is 20.1 Å². The van der Waals surface area contributed by atoms with Crippen molar-refractivity contribution in [3.05, 3.63) is 0 Å². The van der Waals surface area contributed by atoms with Gasteiger partial charge < -0.3 is 20.6 Å². The zero-order valence-electron chi connectivity index (χ0n) is 22.0. The summed E-state index contributed by atoms with van der Waals surface area (Å²) in [5, 5.41) is 33.0. The minimum atomic E-state index is -1.12. The first-order valence-corrected chi connectivity index (χ1v) is 14.3. The second-order valence-corrected chi connectivity index (χ2v) is 9.96. The molecule has 4 N–H and O–H groups in total. The predicted molar refractivity (Wildman–Crippen MR) is 139 cm³/mol. The van der Waals surface area contributed by atoms with Crippen molar-refractivity contribution in [2.75, 3.05) is 6.61 Å². The van der Waals surface area contributed by atoms with Gasteiger partial charge in [-0.2, -0.15) is 0 Å². The summed E-state index contributed by atoms with van der Waals surface area (Å²) in [6, 6.07) is -0.797. The van der Waals surface area contributed by atoms with Gasteiger partial charge in [0.2, 0.25) is 5.91 Å². The molecule has 5 heteroatoms. The zero-order valence-corrected chi connectivity index (χ0v) is 22.0. The highest BCUT2D eigenvalue weighted by atomic mass is 16.3. The Morgan fingerprint density at radius 3 is 1.45 bits per heavy atom. The molecule has 198 valence electrons. The standard InChI is InChI=1S/C28H57NO4/c1-3-5-7-9-11-13-15-16-18-20-22-26(31)28(33)25(24-30)29-27(32)23-21-19-17-14-12-10-8-6-4-2/h25-26,28,30-31,33H,3-24H2,1-2H3,(H,29,32). The third-order valence-electron chi connectivity index (χ3n) is 6.71. The molecular weight excluding hydrogens is 414 g/mol. The maximum atomic E-state index is 12.2. The van der Waals surface area contributed by atoms with Gasteiger partial charge in [0.1, 0.15) is 6.10 Å². The number of hydrogen-bond acceptors (Lipinski definition) is 4. The highest BCUT2D eigenvalue weighted by Gasteiger charge is 2.26. The van der Waals surface area contributed by atoms with Crippen molar-refractivity contribution in [1.29, 1.82) is 0 Å². The molecule has 0 bridgehead atoms. The van der Waals surface area contributed by atoms with Gasteiger partial charge in [-0.05, 0) is 12.8 Å². The normalized spacial score (nSPS) is 14.2. The van der Waals surface area contributed by atoms with Crippen molar-refractivity contribution >= 4 is 5.91 Å². The first-order valence-electron chi connectivity index (χ1n) is 14.3. The van der Waals surface area contributed by atoms with Crippen LogP contribution in [0.1, 0.15) is 149 Å². The van der Waals surface area contributed by atoms with E-state index in [2.05, 4.69) is 19.2 Å². The van der Waals surface area contributed by atoms with E-state index in [1.807, 2.05) is 0 Å². The number of unbranched alkanes of at least 4 members (excludes halogenated alkanes) is 17. The second-order valence-electron chi connectivity index (χ2n) is 9.96. The summed E-state index contributed by atoms with van der Waals surface area (Å²) in [5.74, 6) is -0.151. The number of hydrogen-bond donors (Lipinski definition) is 4. The smallest absolute Gasteiger partial charge is 0.220 e. The Balaban J connectivity index is 3.79. The van der Waals surface area contributed by atoms with Gasteiger partial charge in [0.05, 0.1) is 18.8 Å². The maximum absolute atomic E-state index is 12.2. The topological polar surface area (TPSA) is 89.8 Å². The van der Waals surface area contributed by atoms with Gasteiger partial charge in [0, 0.05) is 6.42 Å². The third kappa shape index (κ3) is 20.4. The summed E-state index contributed by atoms with van der Waals surface area (Å²) in [5.41, 5.74) is 0. The molecule has 0 aromatic carbocycles. The lowest BCUT2D eigenvalue weighted by molar-refractivity contribution is -0.124. The van der Waals surface area contributed by atoms with Gasteiger partial charge in [0.25, 0.3) is 0 Å². The van der Waals surface area contributed by atoms with Crippen molar-refractivity contribution < 1.29 is 20.1 Å². The fourth-order valence-electron chi connectivity index (χ4n) is 4.39. The van der Waals surface area contributed by atoms with Crippen LogP contribution in [0, 0.1) is 0 Å². The SMILES string of the molecule is CCCCCCCCCCCCC(O)C(O)C(CO)NC(=O)CCCCCCCCCCC. The van der Waals surface area contributed by atoms with Crippen LogP contribution in [0.2, 0.25) is 0 Å². The molecule has 0 aromatic rings. The van der Waals surface area contributed by atoms with Gasteiger partial charge in [-0.1, -0.05) is 129 Å². The molecule has 3 atom stereocenters. The molecule has 0 spiro atoms. The summed E-state index contributed by atoms with van der Waals surface area (Å²) in [7, 11) is 0. The summed E-state index contributed by atoms with van der Waals surface area (Å²) in [4.78, 5) is 12.2. The zero-order chi connectivity index (χ0) is 24.6. The lowest BCUT2D eigenvalue weighted by Gasteiger charge is -2.26. The van der Waals surface area contributed by atoms with Gasteiger partial charge in [-0.3, -0.25) is 4.79 Å². The fourth-order valence-corrected chi connectivity index (χ4v) is 4.39. The number of aliphatic hydroxyl groups is 3. The molecule has 1 amide bonds. The molecular formula is C28H57NO4. The molecule has 0 saturated heterocycles. The number of carbonyl (C=O) groups excluding carboxylic acids is 1.